The van der Waals surface area contributed by atoms with Crippen LogP contribution >= 0.6 is 0 Å². The van der Waals surface area contributed by atoms with Crippen molar-refractivity contribution in [2.45, 2.75) is 44.6 Å². The second-order valence-corrected chi connectivity index (χ2v) is 9.14. The molecule has 1 heterocycles. The van der Waals surface area contributed by atoms with Crippen molar-refractivity contribution >= 4 is 5.91 Å². The van der Waals surface area contributed by atoms with E-state index in [1.54, 1.807) is 0 Å². The minimum atomic E-state index is -4.64. The zero-order valence-electron chi connectivity index (χ0n) is 20.0. The largest absolute Gasteiger partial charge is 0.416 e. The van der Waals surface area contributed by atoms with Gasteiger partial charge in [0, 0.05) is 31.3 Å². The van der Waals surface area contributed by atoms with Crippen LogP contribution in [0.4, 0.5) is 17.6 Å². The van der Waals surface area contributed by atoms with E-state index in [1.165, 1.54) is 0 Å². The molecular weight excluding hydrogens is 470 g/mol. The third-order valence-electron chi connectivity index (χ3n) is 6.74. The summed E-state index contributed by atoms with van der Waals surface area (Å²) in [4.78, 5) is 14.4. The highest BCUT2D eigenvalue weighted by molar-refractivity contribution is 5.76. The lowest BCUT2D eigenvalue weighted by Crippen LogP contribution is -2.48. The summed E-state index contributed by atoms with van der Waals surface area (Å²) in [5, 5.41) is 0. The van der Waals surface area contributed by atoms with Gasteiger partial charge in [-0.2, -0.15) is 13.2 Å². The van der Waals surface area contributed by atoms with E-state index in [4.69, 9.17) is 4.74 Å². The van der Waals surface area contributed by atoms with E-state index in [0.29, 0.717) is 32.0 Å². The molecule has 36 heavy (non-hydrogen) atoms. The number of ether oxygens (including phenoxy) is 1. The Balaban J connectivity index is 1.66. The quantitative estimate of drug-likeness (QED) is 0.334. The molecule has 1 aliphatic rings. The number of carbonyl (C=O) groups excluding carboxylic acids is 1. The van der Waals surface area contributed by atoms with E-state index in [9.17, 15) is 22.4 Å². The van der Waals surface area contributed by atoms with E-state index in [2.05, 4.69) is 0 Å². The number of benzene rings is 3. The van der Waals surface area contributed by atoms with Crippen molar-refractivity contribution in [2.75, 3.05) is 13.1 Å². The highest BCUT2D eigenvalue weighted by atomic mass is 19.4. The first-order chi connectivity index (χ1) is 17.3. The fourth-order valence-corrected chi connectivity index (χ4v) is 5.05. The van der Waals surface area contributed by atoms with Crippen LogP contribution in [0.5, 0.6) is 0 Å². The number of nitrogens with zero attached hydrogens (tertiary/aromatic N) is 1. The minimum Gasteiger partial charge on any atom is -0.373 e. The van der Waals surface area contributed by atoms with Gasteiger partial charge in [0.25, 0.3) is 0 Å². The molecule has 0 bridgehead atoms. The van der Waals surface area contributed by atoms with Crippen LogP contribution in [0.25, 0.3) is 0 Å². The molecule has 1 aliphatic heterocycles. The van der Waals surface area contributed by atoms with Gasteiger partial charge >= 0.3 is 6.18 Å². The molecule has 0 N–H and O–H groups in total. The first kappa shape index (κ1) is 25.9. The van der Waals surface area contributed by atoms with E-state index in [-0.39, 0.29) is 36.0 Å². The first-order valence-electron chi connectivity index (χ1n) is 12.1. The van der Waals surface area contributed by atoms with Crippen molar-refractivity contribution in [3.05, 3.63) is 107 Å². The molecule has 0 aromatic heterocycles. The molecule has 3 aromatic carbocycles. The van der Waals surface area contributed by atoms with Crippen molar-refractivity contribution in [1.82, 2.24) is 4.90 Å². The number of hydrogen-bond acceptors (Lipinski definition) is 2. The summed E-state index contributed by atoms with van der Waals surface area (Å²) in [6.07, 6.45) is -4.05. The Hall–Kier alpha value is -3.19. The van der Waals surface area contributed by atoms with Crippen LogP contribution in [0, 0.1) is 11.7 Å². The number of hydrogen-bond donors (Lipinski definition) is 0. The van der Waals surface area contributed by atoms with Gasteiger partial charge in [0.2, 0.25) is 5.91 Å². The zero-order chi connectivity index (χ0) is 25.7. The van der Waals surface area contributed by atoms with E-state index in [0.717, 1.165) is 23.3 Å². The van der Waals surface area contributed by atoms with Crippen molar-refractivity contribution in [3.63, 3.8) is 0 Å². The third-order valence-corrected chi connectivity index (χ3v) is 6.74. The molecule has 0 spiro atoms. The SMILES string of the molecule is CCC(=O)N1CC[C@@H](OCc2cc(F)cc(C(F)(F)F)c2)[C@@H](C(c2ccccc2)c2ccccc2)C1. The maximum atomic E-state index is 14.0. The van der Waals surface area contributed by atoms with Crippen molar-refractivity contribution in [2.24, 2.45) is 5.92 Å². The maximum absolute atomic E-state index is 14.0. The van der Waals surface area contributed by atoms with Crippen LogP contribution in [0.3, 0.4) is 0 Å². The molecule has 0 aliphatic carbocycles. The zero-order valence-corrected chi connectivity index (χ0v) is 20.0. The van der Waals surface area contributed by atoms with Gasteiger partial charge in [0.05, 0.1) is 18.3 Å². The van der Waals surface area contributed by atoms with Crippen LogP contribution in [0.2, 0.25) is 0 Å². The third kappa shape index (κ3) is 6.13. The predicted molar refractivity (Wildman–Crippen MR) is 130 cm³/mol. The fraction of sp³-hybridized carbons (Fsp3) is 0.345. The molecule has 2 atom stereocenters. The Bertz CT molecular complexity index is 1110. The lowest BCUT2D eigenvalue weighted by Gasteiger charge is -2.42. The average molecular weight is 500 g/mol. The molecule has 3 nitrogen and oxygen atoms in total. The number of halogens is 4. The summed E-state index contributed by atoms with van der Waals surface area (Å²) in [5.41, 5.74) is 1.23. The van der Waals surface area contributed by atoms with Crippen LogP contribution < -0.4 is 0 Å². The standard InChI is InChI=1S/C29H29F4NO2/c1-2-27(35)34-14-13-26(36-19-20-15-23(29(31,32)33)17-24(30)16-20)25(18-34)28(21-9-5-3-6-10-21)22-11-7-4-8-12-22/h3-12,15-17,25-26,28H,2,13-14,18-19H2,1H3/t25-,26+/m0/s1. The summed E-state index contributed by atoms with van der Waals surface area (Å²) in [7, 11) is 0. The average Bonchev–Trinajstić information content (AvgIpc) is 2.88. The van der Waals surface area contributed by atoms with E-state index in [1.807, 2.05) is 72.5 Å². The highest BCUT2D eigenvalue weighted by Gasteiger charge is 2.38. The van der Waals surface area contributed by atoms with Crippen LogP contribution in [0.15, 0.2) is 78.9 Å². The number of rotatable bonds is 7. The number of likely N-dealkylation sites (tertiary alicyclic amines) is 1. The number of carbonyl (C=O) groups is 1. The smallest absolute Gasteiger partial charge is 0.373 e. The number of amides is 1. The molecule has 1 amide bonds. The van der Waals surface area contributed by atoms with Crippen molar-refractivity contribution in [1.29, 1.82) is 0 Å². The first-order valence-corrected chi connectivity index (χ1v) is 12.1. The summed E-state index contributed by atoms with van der Waals surface area (Å²) in [6, 6.07) is 22.4. The molecule has 1 saturated heterocycles. The molecule has 0 saturated carbocycles. The van der Waals surface area contributed by atoms with E-state index < -0.39 is 17.6 Å². The monoisotopic (exact) mass is 499 g/mol. The molecule has 7 heteroatoms. The lowest BCUT2D eigenvalue weighted by atomic mass is 9.75. The number of alkyl halides is 3. The topological polar surface area (TPSA) is 29.5 Å². The Morgan fingerprint density at radius 3 is 2.17 bits per heavy atom. The molecule has 3 aromatic rings. The van der Waals surface area contributed by atoms with Gasteiger partial charge in [-0.15, -0.1) is 0 Å². The Morgan fingerprint density at radius 1 is 1.00 bits per heavy atom. The second kappa shape index (κ2) is 11.2. The molecular formula is C29H29F4NO2. The Morgan fingerprint density at radius 2 is 1.61 bits per heavy atom. The Labute approximate surface area is 208 Å². The highest BCUT2D eigenvalue weighted by Crippen LogP contribution is 2.39. The summed E-state index contributed by atoms with van der Waals surface area (Å²) >= 11 is 0. The summed E-state index contributed by atoms with van der Waals surface area (Å²) in [6.45, 7) is 2.64. The van der Waals surface area contributed by atoms with Crippen molar-refractivity contribution in [3.8, 4) is 0 Å². The van der Waals surface area contributed by atoms with Crippen LogP contribution in [-0.4, -0.2) is 30.0 Å². The second-order valence-electron chi connectivity index (χ2n) is 9.14. The molecule has 4 rings (SSSR count). The fourth-order valence-electron chi connectivity index (χ4n) is 5.05. The molecule has 190 valence electrons. The van der Waals surface area contributed by atoms with Gasteiger partial charge in [0.1, 0.15) is 5.82 Å². The van der Waals surface area contributed by atoms with Gasteiger partial charge in [-0.1, -0.05) is 67.6 Å². The van der Waals surface area contributed by atoms with Crippen molar-refractivity contribution < 1.29 is 27.1 Å². The normalized spacial score (nSPS) is 18.4. The minimum absolute atomic E-state index is 0.0540. The van der Waals surface area contributed by atoms with Gasteiger partial charge < -0.3 is 9.64 Å². The lowest BCUT2D eigenvalue weighted by molar-refractivity contribution is -0.137. The molecule has 0 unspecified atom stereocenters. The summed E-state index contributed by atoms with van der Waals surface area (Å²) < 4.78 is 59.7. The maximum Gasteiger partial charge on any atom is 0.416 e. The molecule has 1 fully saturated rings. The van der Waals surface area contributed by atoms with Crippen LogP contribution in [0.1, 0.15) is 47.9 Å². The van der Waals surface area contributed by atoms with Crippen LogP contribution in [-0.2, 0) is 22.3 Å². The van der Waals surface area contributed by atoms with Gasteiger partial charge in [-0.25, -0.2) is 4.39 Å². The van der Waals surface area contributed by atoms with E-state index >= 15 is 0 Å². The Kier molecular flexibility index (Phi) is 8.09. The van der Waals surface area contributed by atoms with Gasteiger partial charge in [-0.3, -0.25) is 4.79 Å². The van der Waals surface area contributed by atoms with Gasteiger partial charge in [0.15, 0.2) is 0 Å². The molecule has 0 radical (unpaired) electrons. The summed E-state index contributed by atoms with van der Waals surface area (Å²) in [5.74, 6) is -1.13. The number of piperidine rings is 1. The predicted octanol–water partition coefficient (Wildman–Crippen LogP) is 6.82. The van der Waals surface area contributed by atoms with Gasteiger partial charge in [-0.05, 0) is 41.3 Å².